The highest BCUT2D eigenvalue weighted by Crippen LogP contribution is 2.26. The van der Waals surface area contributed by atoms with E-state index in [-0.39, 0.29) is 0 Å². The third kappa shape index (κ3) is 1.82. The summed E-state index contributed by atoms with van der Waals surface area (Å²) in [5.74, 6) is 0.376. The standard InChI is InChI=1S/C11H18N2/c1-6-9(4)11-10(8(2)3)7-12-13(11)5/h6-7,10-11H,2H2,1,3-5H3/b9-6-. The van der Waals surface area contributed by atoms with Crippen LogP contribution in [0.3, 0.4) is 0 Å². The van der Waals surface area contributed by atoms with Gasteiger partial charge in [-0.3, -0.25) is 5.01 Å². The van der Waals surface area contributed by atoms with Gasteiger partial charge in [0.15, 0.2) is 0 Å². The molecule has 2 atom stereocenters. The average Bonchev–Trinajstić information content (AvgIpc) is 2.46. The fourth-order valence-corrected chi connectivity index (χ4v) is 1.71. The summed E-state index contributed by atoms with van der Waals surface area (Å²) in [5, 5.41) is 6.30. The van der Waals surface area contributed by atoms with Crippen molar-refractivity contribution >= 4 is 6.21 Å². The van der Waals surface area contributed by atoms with E-state index in [1.54, 1.807) is 0 Å². The van der Waals surface area contributed by atoms with Gasteiger partial charge >= 0.3 is 0 Å². The van der Waals surface area contributed by atoms with Gasteiger partial charge in [0, 0.05) is 19.2 Å². The third-order valence-corrected chi connectivity index (χ3v) is 2.64. The van der Waals surface area contributed by atoms with Crippen molar-refractivity contribution in [2.75, 3.05) is 7.05 Å². The van der Waals surface area contributed by atoms with Crippen LogP contribution in [0, 0.1) is 5.92 Å². The van der Waals surface area contributed by atoms with Crippen molar-refractivity contribution in [3.63, 3.8) is 0 Å². The molecule has 0 bridgehead atoms. The van der Waals surface area contributed by atoms with Crippen LogP contribution < -0.4 is 0 Å². The highest BCUT2D eigenvalue weighted by molar-refractivity contribution is 5.68. The number of allylic oxidation sites excluding steroid dienone is 1. The summed E-state index contributed by atoms with van der Waals surface area (Å²) in [6.07, 6.45) is 4.13. The Kier molecular flexibility index (Phi) is 2.91. The molecule has 0 radical (unpaired) electrons. The number of hydrogen-bond donors (Lipinski definition) is 0. The van der Waals surface area contributed by atoms with E-state index in [1.165, 1.54) is 11.1 Å². The first-order valence-electron chi connectivity index (χ1n) is 4.63. The maximum Gasteiger partial charge on any atom is 0.0789 e. The lowest BCUT2D eigenvalue weighted by Crippen LogP contribution is -2.30. The Hall–Kier alpha value is -1.05. The van der Waals surface area contributed by atoms with Gasteiger partial charge in [-0.05, 0) is 20.8 Å². The van der Waals surface area contributed by atoms with Crippen molar-refractivity contribution in [1.29, 1.82) is 0 Å². The summed E-state index contributed by atoms with van der Waals surface area (Å²) in [6.45, 7) is 10.3. The maximum atomic E-state index is 4.30. The Labute approximate surface area is 80.6 Å². The molecule has 72 valence electrons. The molecule has 1 rings (SSSR count). The van der Waals surface area contributed by atoms with E-state index in [0.29, 0.717) is 12.0 Å². The van der Waals surface area contributed by atoms with Crippen molar-refractivity contribution in [1.82, 2.24) is 5.01 Å². The Morgan fingerprint density at radius 1 is 1.54 bits per heavy atom. The van der Waals surface area contributed by atoms with Crippen LogP contribution in [0.15, 0.2) is 28.9 Å². The van der Waals surface area contributed by atoms with Gasteiger partial charge in [-0.15, -0.1) is 0 Å². The molecule has 0 saturated carbocycles. The Balaban J connectivity index is 2.88. The van der Waals surface area contributed by atoms with Crippen molar-refractivity contribution in [2.45, 2.75) is 26.8 Å². The minimum absolute atomic E-state index is 0.376. The lowest BCUT2D eigenvalue weighted by atomic mass is 9.90. The number of likely N-dealkylation sites (N-methyl/N-ethyl adjacent to an activating group) is 1. The van der Waals surface area contributed by atoms with Crippen LogP contribution in [0.2, 0.25) is 0 Å². The van der Waals surface area contributed by atoms with Gasteiger partial charge in [0.05, 0.1) is 6.04 Å². The van der Waals surface area contributed by atoms with Gasteiger partial charge in [-0.25, -0.2) is 0 Å². The van der Waals surface area contributed by atoms with E-state index in [2.05, 4.69) is 38.5 Å². The Morgan fingerprint density at radius 3 is 2.62 bits per heavy atom. The highest BCUT2D eigenvalue weighted by atomic mass is 15.5. The average molecular weight is 178 g/mol. The van der Waals surface area contributed by atoms with Crippen LogP contribution in [-0.4, -0.2) is 24.3 Å². The van der Waals surface area contributed by atoms with Gasteiger partial charge in [0.1, 0.15) is 0 Å². The van der Waals surface area contributed by atoms with E-state index >= 15 is 0 Å². The van der Waals surface area contributed by atoms with Gasteiger partial charge in [0.2, 0.25) is 0 Å². The molecule has 0 aromatic carbocycles. The van der Waals surface area contributed by atoms with Gasteiger partial charge in [-0.1, -0.05) is 23.8 Å². The molecule has 2 nitrogen and oxygen atoms in total. The zero-order chi connectivity index (χ0) is 10.0. The first-order chi connectivity index (χ1) is 6.07. The molecule has 0 N–H and O–H groups in total. The normalized spacial score (nSPS) is 28.3. The zero-order valence-corrected chi connectivity index (χ0v) is 8.91. The van der Waals surface area contributed by atoms with E-state index < -0.39 is 0 Å². The molecule has 13 heavy (non-hydrogen) atoms. The minimum atomic E-state index is 0.376. The first kappa shape index (κ1) is 10.0. The summed E-state index contributed by atoms with van der Waals surface area (Å²) < 4.78 is 0. The molecule has 0 fully saturated rings. The summed E-state index contributed by atoms with van der Waals surface area (Å²) in [7, 11) is 2.01. The largest absolute Gasteiger partial charge is 0.292 e. The molecular weight excluding hydrogens is 160 g/mol. The predicted octanol–water partition coefficient (Wildman–Crippen LogP) is 2.44. The van der Waals surface area contributed by atoms with E-state index in [4.69, 9.17) is 0 Å². The third-order valence-electron chi connectivity index (χ3n) is 2.64. The van der Waals surface area contributed by atoms with Crippen LogP contribution in [0.5, 0.6) is 0 Å². The van der Waals surface area contributed by atoms with Crippen molar-refractivity contribution in [3.05, 3.63) is 23.8 Å². The lowest BCUT2D eigenvalue weighted by molar-refractivity contribution is 0.292. The van der Waals surface area contributed by atoms with Crippen LogP contribution in [0.25, 0.3) is 0 Å². The summed E-state index contributed by atoms with van der Waals surface area (Å²) in [6, 6.07) is 0.377. The SMILES string of the molecule is C=C(C)C1C=NN(C)C1/C(C)=C\C. The van der Waals surface area contributed by atoms with Crippen LogP contribution in [-0.2, 0) is 0 Å². The van der Waals surface area contributed by atoms with Gasteiger partial charge < -0.3 is 0 Å². The summed E-state index contributed by atoms with van der Waals surface area (Å²) >= 11 is 0. The number of hydrazone groups is 1. The topological polar surface area (TPSA) is 15.6 Å². The smallest absolute Gasteiger partial charge is 0.0789 e. The van der Waals surface area contributed by atoms with E-state index in [0.717, 1.165) is 0 Å². The Bertz CT molecular complexity index is 263. The molecule has 0 aromatic heterocycles. The van der Waals surface area contributed by atoms with Crippen LogP contribution in [0.4, 0.5) is 0 Å². The molecule has 0 spiro atoms. The predicted molar refractivity (Wildman–Crippen MR) is 57.8 cm³/mol. The molecule has 2 heteroatoms. The van der Waals surface area contributed by atoms with E-state index in [9.17, 15) is 0 Å². The zero-order valence-electron chi connectivity index (χ0n) is 8.91. The fraction of sp³-hybridized carbons (Fsp3) is 0.545. The molecule has 0 saturated heterocycles. The lowest BCUT2D eigenvalue weighted by Gasteiger charge is -2.25. The summed E-state index contributed by atoms with van der Waals surface area (Å²) in [4.78, 5) is 0. The minimum Gasteiger partial charge on any atom is -0.292 e. The second-order valence-electron chi connectivity index (χ2n) is 3.69. The molecule has 1 aliphatic rings. The fourth-order valence-electron chi connectivity index (χ4n) is 1.71. The maximum absolute atomic E-state index is 4.30. The molecule has 2 unspecified atom stereocenters. The second kappa shape index (κ2) is 3.77. The van der Waals surface area contributed by atoms with Crippen LogP contribution in [0.1, 0.15) is 20.8 Å². The van der Waals surface area contributed by atoms with Crippen molar-refractivity contribution < 1.29 is 0 Å². The number of hydrogen-bond acceptors (Lipinski definition) is 2. The molecule has 1 heterocycles. The highest BCUT2D eigenvalue weighted by Gasteiger charge is 2.29. The molecule has 0 aromatic rings. The first-order valence-corrected chi connectivity index (χ1v) is 4.63. The van der Waals surface area contributed by atoms with E-state index in [1.807, 2.05) is 18.3 Å². The van der Waals surface area contributed by atoms with Crippen molar-refractivity contribution in [2.24, 2.45) is 11.0 Å². The molecule has 0 amide bonds. The van der Waals surface area contributed by atoms with Gasteiger partial charge in [0.25, 0.3) is 0 Å². The summed E-state index contributed by atoms with van der Waals surface area (Å²) in [5.41, 5.74) is 2.53. The monoisotopic (exact) mass is 178 g/mol. The van der Waals surface area contributed by atoms with Crippen LogP contribution >= 0.6 is 0 Å². The molecule has 0 aliphatic carbocycles. The number of nitrogens with zero attached hydrogens (tertiary/aromatic N) is 2. The Morgan fingerprint density at radius 2 is 2.15 bits per heavy atom. The van der Waals surface area contributed by atoms with Gasteiger partial charge in [-0.2, -0.15) is 5.10 Å². The second-order valence-corrected chi connectivity index (χ2v) is 3.69. The molecule has 1 aliphatic heterocycles. The molecular formula is C11H18N2. The van der Waals surface area contributed by atoms with Crippen molar-refractivity contribution in [3.8, 4) is 0 Å². The number of rotatable bonds is 2. The quantitative estimate of drug-likeness (QED) is 0.593.